The molecule has 0 fully saturated rings. The third kappa shape index (κ3) is 3.40. The molecule has 0 amide bonds. The first-order chi connectivity index (χ1) is 9.47. The molecule has 2 aromatic carbocycles. The molecule has 1 N–H and O–H groups in total. The van der Waals surface area contributed by atoms with Gasteiger partial charge in [0.2, 0.25) is 0 Å². The van der Waals surface area contributed by atoms with Crippen molar-refractivity contribution in [3.05, 3.63) is 67.7 Å². The fraction of sp³-hybridized carbons (Fsp3) is 0.143. The zero-order valence-electron chi connectivity index (χ0n) is 10.7. The van der Waals surface area contributed by atoms with Crippen molar-refractivity contribution in [3.8, 4) is 0 Å². The van der Waals surface area contributed by atoms with E-state index in [1.165, 1.54) is 12.1 Å². The van der Waals surface area contributed by atoms with Gasteiger partial charge in [0.25, 0.3) is 5.69 Å². The minimum atomic E-state index is -0.410. The summed E-state index contributed by atoms with van der Waals surface area (Å²) in [7, 11) is 0. The number of halogens is 2. The minimum Gasteiger partial charge on any atom is -0.381 e. The number of nitrogens with zero attached hydrogens (tertiary/aromatic N) is 1. The highest BCUT2D eigenvalue weighted by atomic mass is 35.5. The van der Waals surface area contributed by atoms with Crippen molar-refractivity contribution in [2.45, 2.75) is 13.5 Å². The van der Waals surface area contributed by atoms with Crippen molar-refractivity contribution >= 4 is 34.6 Å². The number of non-ortho nitro benzene ring substituents is 1. The highest BCUT2D eigenvalue weighted by molar-refractivity contribution is 6.35. The number of hydrogen-bond acceptors (Lipinski definition) is 3. The fourth-order valence-electron chi connectivity index (χ4n) is 1.82. The van der Waals surface area contributed by atoms with Crippen LogP contribution >= 0.6 is 23.2 Å². The lowest BCUT2D eigenvalue weighted by Crippen LogP contribution is -2.02. The lowest BCUT2D eigenvalue weighted by Gasteiger charge is -2.10. The first kappa shape index (κ1) is 14.6. The van der Waals surface area contributed by atoms with E-state index >= 15 is 0 Å². The number of nitrogens with one attached hydrogen (secondary N) is 1. The second kappa shape index (κ2) is 6.11. The molecular weight excluding hydrogens is 299 g/mol. The molecule has 0 aromatic heterocycles. The highest BCUT2D eigenvalue weighted by Gasteiger charge is 2.08. The Morgan fingerprint density at radius 1 is 1.20 bits per heavy atom. The van der Waals surface area contributed by atoms with Crippen LogP contribution in [0.1, 0.15) is 11.1 Å². The van der Waals surface area contributed by atoms with Crippen LogP contribution in [0.15, 0.2) is 36.4 Å². The van der Waals surface area contributed by atoms with Gasteiger partial charge in [0, 0.05) is 34.4 Å². The first-order valence-corrected chi connectivity index (χ1v) is 6.66. The summed E-state index contributed by atoms with van der Waals surface area (Å²) in [6.07, 6.45) is 0. The van der Waals surface area contributed by atoms with Gasteiger partial charge < -0.3 is 5.32 Å². The van der Waals surface area contributed by atoms with Crippen LogP contribution < -0.4 is 5.32 Å². The summed E-state index contributed by atoms with van der Waals surface area (Å²) < 4.78 is 0. The number of nitro benzene ring substituents is 1. The van der Waals surface area contributed by atoms with Gasteiger partial charge in [-0.1, -0.05) is 29.3 Å². The summed E-state index contributed by atoms with van der Waals surface area (Å²) in [5.74, 6) is 0. The quantitative estimate of drug-likeness (QED) is 0.650. The molecule has 2 rings (SSSR count). The molecule has 0 aliphatic carbocycles. The molecule has 4 nitrogen and oxygen atoms in total. The third-order valence-corrected chi connectivity index (χ3v) is 3.49. The van der Waals surface area contributed by atoms with E-state index in [0.29, 0.717) is 16.6 Å². The Morgan fingerprint density at radius 3 is 2.55 bits per heavy atom. The Labute approximate surface area is 126 Å². The van der Waals surface area contributed by atoms with Gasteiger partial charge in [-0.15, -0.1) is 0 Å². The fourth-order valence-corrected chi connectivity index (χ4v) is 2.29. The Kier molecular flexibility index (Phi) is 4.47. The molecule has 0 aliphatic rings. The highest BCUT2D eigenvalue weighted by Crippen LogP contribution is 2.24. The number of hydrogen-bond donors (Lipinski definition) is 1. The standard InChI is InChI=1S/C14H12Cl2N2O2/c1-9-6-12(18(19)20)4-5-14(9)17-8-10-2-3-11(15)7-13(10)16/h2-7,17H,8H2,1H3. The SMILES string of the molecule is Cc1cc([N+](=O)[O-])ccc1NCc1ccc(Cl)cc1Cl. The molecular formula is C14H12Cl2N2O2. The molecule has 2 aromatic rings. The molecule has 0 radical (unpaired) electrons. The van der Waals surface area contributed by atoms with Gasteiger partial charge in [0.15, 0.2) is 0 Å². The zero-order chi connectivity index (χ0) is 14.7. The van der Waals surface area contributed by atoms with E-state index < -0.39 is 4.92 Å². The summed E-state index contributed by atoms with van der Waals surface area (Å²) in [5.41, 5.74) is 2.64. The number of rotatable bonds is 4. The van der Waals surface area contributed by atoms with Gasteiger partial charge in [-0.2, -0.15) is 0 Å². The molecule has 0 saturated heterocycles. The summed E-state index contributed by atoms with van der Waals surface area (Å²) in [5, 5.41) is 15.1. The molecule has 0 bridgehead atoms. The number of anilines is 1. The average molecular weight is 311 g/mol. The van der Waals surface area contributed by atoms with Crippen LogP contribution in [0.25, 0.3) is 0 Å². The predicted molar refractivity (Wildman–Crippen MR) is 81.6 cm³/mol. The maximum absolute atomic E-state index is 10.7. The van der Waals surface area contributed by atoms with Gasteiger partial charge >= 0.3 is 0 Å². The van der Waals surface area contributed by atoms with Crippen molar-refractivity contribution in [1.82, 2.24) is 0 Å². The monoisotopic (exact) mass is 310 g/mol. The average Bonchev–Trinajstić information content (AvgIpc) is 2.38. The lowest BCUT2D eigenvalue weighted by molar-refractivity contribution is -0.384. The van der Waals surface area contributed by atoms with Crippen LogP contribution in [0.2, 0.25) is 10.0 Å². The van der Waals surface area contributed by atoms with E-state index in [9.17, 15) is 10.1 Å². The van der Waals surface area contributed by atoms with E-state index in [1.807, 2.05) is 13.0 Å². The second-order valence-corrected chi connectivity index (χ2v) is 5.19. The first-order valence-electron chi connectivity index (χ1n) is 5.90. The Morgan fingerprint density at radius 2 is 1.95 bits per heavy atom. The minimum absolute atomic E-state index is 0.0811. The third-order valence-electron chi connectivity index (χ3n) is 2.91. The van der Waals surface area contributed by atoms with Crippen LogP contribution in [0.5, 0.6) is 0 Å². The Hall–Kier alpha value is -1.78. The van der Waals surface area contributed by atoms with E-state index in [1.54, 1.807) is 18.2 Å². The van der Waals surface area contributed by atoms with Crippen LogP contribution in [-0.2, 0) is 6.54 Å². The summed E-state index contributed by atoms with van der Waals surface area (Å²) in [6, 6.07) is 10.00. The van der Waals surface area contributed by atoms with Crippen LogP contribution in [0, 0.1) is 17.0 Å². The number of benzene rings is 2. The number of aryl methyl sites for hydroxylation is 1. The van der Waals surface area contributed by atoms with Crippen molar-refractivity contribution in [1.29, 1.82) is 0 Å². The van der Waals surface area contributed by atoms with Crippen molar-refractivity contribution in [3.63, 3.8) is 0 Å². The van der Waals surface area contributed by atoms with Crippen LogP contribution in [0.3, 0.4) is 0 Å². The zero-order valence-corrected chi connectivity index (χ0v) is 12.2. The Balaban J connectivity index is 2.13. The maximum Gasteiger partial charge on any atom is 0.269 e. The predicted octanol–water partition coefficient (Wildman–Crippen LogP) is 4.82. The van der Waals surface area contributed by atoms with Crippen molar-refractivity contribution < 1.29 is 4.92 Å². The number of nitro groups is 1. The summed E-state index contributed by atoms with van der Waals surface area (Å²) in [6.45, 7) is 2.34. The van der Waals surface area contributed by atoms with Crippen LogP contribution in [0.4, 0.5) is 11.4 Å². The van der Waals surface area contributed by atoms with Gasteiger partial charge in [-0.05, 0) is 36.2 Å². The molecule has 0 aliphatic heterocycles. The topological polar surface area (TPSA) is 55.2 Å². The van der Waals surface area contributed by atoms with Gasteiger partial charge in [-0.3, -0.25) is 10.1 Å². The largest absolute Gasteiger partial charge is 0.381 e. The Bertz CT molecular complexity index is 660. The molecule has 0 atom stereocenters. The molecule has 0 saturated carbocycles. The van der Waals surface area contributed by atoms with Gasteiger partial charge in [0.05, 0.1) is 4.92 Å². The van der Waals surface area contributed by atoms with Crippen molar-refractivity contribution in [2.24, 2.45) is 0 Å². The maximum atomic E-state index is 10.7. The molecule has 0 spiro atoms. The van der Waals surface area contributed by atoms with E-state index in [4.69, 9.17) is 23.2 Å². The molecule has 0 unspecified atom stereocenters. The molecule has 104 valence electrons. The van der Waals surface area contributed by atoms with Crippen LogP contribution in [-0.4, -0.2) is 4.92 Å². The lowest BCUT2D eigenvalue weighted by atomic mass is 10.1. The molecule has 6 heteroatoms. The van der Waals surface area contributed by atoms with Gasteiger partial charge in [0.1, 0.15) is 0 Å². The normalized spacial score (nSPS) is 10.3. The molecule has 0 heterocycles. The molecule has 20 heavy (non-hydrogen) atoms. The van der Waals surface area contributed by atoms with Crippen molar-refractivity contribution in [2.75, 3.05) is 5.32 Å². The summed E-state index contributed by atoms with van der Waals surface area (Å²) >= 11 is 11.9. The summed E-state index contributed by atoms with van der Waals surface area (Å²) in [4.78, 5) is 10.3. The van der Waals surface area contributed by atoms with E-state index in [0.717, 1.165) is 16.8 Å². The second-order valence-electron chi connectivity index (χ2n) is 4.35. The smallest absolute Gasteiger partial charge is 0.269 e. The van der Waals surface area contributed by atoms with E-state index in [2.05, 4.69) is 5.32 Å². The van der Waals surface area contributed by atoms with E-state index in [-0.39, 0.29) is 5.69 Å². The van der Waals surface area contributed by atoms with Gasteiger partial charge in [-0.25, -0.2) is 0 Å².